The fourth-order valence-electron chi connectivity index (χ4n) is 1.15. The van der Waals surface area contributed by atoms with Gasteiger partial charge in [0.05, 0.1) is 24.2 Å². The van der Waals surface area contributed by atoms with Crippen LogP contribution < -0.4 is 5.73 Å². The number of hydrogen-bond donors (Lipinski definition) is 1. The van der Waals surface area contributed by atoms with Crippen LogP contribution in [0.5, 0.6) is 0 Å². The Morgan fingerprint density at radius 3 is 2.75 bits per heavy atom. The van der Waals surface area contributed by atoms with E-state index in [1.54, 1.807) is 6.07 Å². The van der Waals surface area contributed by atoms with Gasteiger partial charge >= 0.3 is 0 Å². The van der Waals surface area contributed by atoms with Crippen LogP contribution in [0, 0.1) is 0 Å². The van der Waals surface area contributed by atoms with Crippen LogP contribution in [0.3, 0.4) is 0 Å². The molecular formula is C10H16N2O3S. The van der Waals surface area contributed by atoms with Gasteiger partial charge in [-0.25, -0.2) is 13.4 Å². The lowest BCUT2D eigenvalue weighted by atomic mass is 10.4. The summed E-state index contributed by atoms with van der Waals surface area (Å²) < 4.78 is 28.8. The third kappa shape index (κ3) is 3.46. The summed E-state index contributed by atoms with van der Waals surface area (Å²) >= 11 is 0. The number of hydrogen-bond acceptors (Lipinski definition) is 5. The van der Waals surface area contributed by atoms with Crippen LogP contribution in [0.2, 0.25) is 0 Å². The van der Waals surface area contributed by atoms with E-state index >= 15 is 0 Å². The summed E-state index contributed by atoms with van der Waals surface area (Å²) in [5, 5.41) is -0.0673. The average Bonchev–Trinajstić information content (AvgIpc) is 2.17. The zero-order valence-corrected chi connectivity index (χ0v) is 10.2. The van der Waals surface area contributed by atoms with E-state index in [9.17, 15) is 8.42 Å². The third-order valence-corrected chi connectivity index (χ3v) is 3.53. The van der Waals surface area contributed by atoms with E-state index in [-0.39, 0.29) is 29.2 Å². The van der Waals surface area contributed by atoms with E-state index in [4.69, 9.17) is 10.5 Å². The van der Waals surface area contributed by atoms with Crippen LogP contribution in [0.1, 0.15) is 13.8 Å². The maximum Gasteiger partial charge on any atom is 0.199 e. The zero-order valence-electron chi connectivity index (χ0n) is 9.38. The van der Waals surface area contributed by atoms with E-state index in [0.29, 0.717) is 0 Å². The largest absolute Gasteiger partial charge is 0.396 e. The first-order chi connectivity index (χ1) is 7.43. The number of rotatable bonds is 5. The minimum atomic E-state index is -3.45. The van der Waals surface area contributed by atoms with Gasteiger partial charge in [0, 0.05) is 6.20 Å². The van der Waals surface area contributed by atoms with Gasteiger partial charge in [-0.2, -0.15) is 0 Å². The maximum absolute atomic E-state index is 11.8. The molecule has 0 bridgehead atoms. The summed E-state index contributed by atoms with van der Waals surface area (Å²) in [5.41, 5.74) is 5.73. The monoisotopic (exact) mass is 244 g/mol. The Hall–Kier alpha value is -1.14. The number of ether oxygens (including phenoxy) is 1. The molecule has 0 amide bonds. The molecule has 1 aromatic rings. The molecule has 0 saturated carbocycles. The van der Waals surface area contributed by atoms with E-state index in [1.165, 1.54) is 12.3 Å². The topological polar surface area (TPSA) is 82.3 Å². The molecule has 16 heavy (non-hydrogen) atoms. The number of nitrogens with zero attached hydrogens (tertiary/aromatic N) is 1. The molecule has 1 aromatic heterocycles. The molecule has 0 aliphatic carbocycles. The van der Waals surface area contributed by atoms with Crippen molar-refractivity contribution >= 4 is 15.5 Å². The van der Waals surface area contributed by atoms with Crippen molar-refractivity contribution < 1.29 is 13.2 Å². The summed E-state index contributed by atoms with van der Waals surface area (Å²) in [4.78, 5) is 3.78. The predicted octanol–water partition coefficient (Wildman–Crippen LogP) is 0.862. The Kier molecular flexibility index (Phi) is 4.26. The fourth-order valence-corrected chi connectivity index (χ4v) is 2.31. The minimum Gasteiger partial charge on any atom is -0.396 e. The van der Waals surface area contributed by atoms with Crippen LogP contribution in [-0.4, -0.2) is 31.9 Å². The SMILES string of the molecule is CC(C)OCCS(=O)(=O)c1ncccc1N. The average molecular weight is 244 g/mol. The molecular weight excluding hydrogens is 228 g/mol. The third-order valence-electron chi connectivity index (χ3n) is 1.90. The number of anilines is 1. The second-order valence-electron chi connectivity index (χ2n) is 3.64. The highest BCUT2D eigenvalue weighted by Crippen LogP contribution is 2.15. The Bertz CT molecular complexity index is 443. The Morgan fingerprint density at radius 1 is 1.50 bits per heavy atom. The highest BCUT2D eigenvalue weighted by molar-refractivity contribution is 7.91. The van der Waals surface area contributed by atoms with Crippen LogP contribution in [-0.2, 0) is 14.6 Å². The molecule has 0 aliphatic rings. The second-order valence-corrected chi connectivity index (χ2v) is 5.66. The van der Waals surface area contributed by atoms with Crippen molar-refractivity contribution in [2.45, 2.75) is 25.0 Å². The first-order valence-electron chi connectivity index (χ1n) is 4.98. The molecule has 6 heteroatoms. The van der Waals surface area contributed by atoms with Crippen molar-refractivity contribution in [2.75, 3.05) is 18.1 Å². The van der Waals surface area contributed by atoms with Gasteiger partial charge in [0.2, 0.25) is 0 Å². The first-order valence-corrected chi connectivity index (χ1v) is 6.63. The molecule has 0 saturated heterocycles. The van der Waals surface area contributed by atoms with Crippen molar-refractivity contribution in [3.63, 3.8) is 0 Å². The number of pyridine rings is 1. The van der Waals surface area contributed by atoms with Gasteiger partial charge in [-0.1, -0.05) is 0 Å². The minimum absolute atomic E-state index is 0.0104. The molecule has 1 heterocycles. The summed E-state index contributed by atoms with van der Waals surface area (Å²) in [6.45, 7) is 3.85. The number of sulfone groups is 1. The summed E-state index contributed by atoms with van der Waals surface area (Å²) in [6.07, 6.45) is 1.42. The molecule has 0 spiro atoms. The lowest BCUT2D eigenvalue weighted by molar-refractivity contribution is 0.0912. The van der Waals surface area contributed by atoms with Gasteiger partial charge in [0.15, 0.2) is 14.9 Å². The van der Waals surface area contributed by atoms with Gasteiger partial charge < -0.3 is 10.5 Å². The van der Waals surface area contributed by atoms with Crippen molar-refractivity contribution in [1.29, 1.82) is 0 Å². The molecule has 0 fully saturated rings. The first kappa shape index (κ1) is 12.9. The molecule has 0 atom stereocenters. The van der Waals surface area contributed by atoms with Gasteiger partial charge in [0.1, 0.15) is 0 Å². The summed E-state index contributed by atoms with van der Waals surface area (Å²) in [7, 11) is -3.45. The predicted molar refractivity (Wildman–Crippen MR) is 61.8 cm³/mol. The summed E-state index contributed by atoms with van der Waals surface area (Å²) in [5.74, 6) is -0.105. The Morgan fingerprint density at radius 2 is 2.19 bits per heavy atom. The van der Waals surface area contributed by atoms with Crippen molar-refractivity contribution in [3.05, 3.63) is 18.3 Å². The number of aromatic nitrogens is 1. The molecule has 2 N–H and O–H groups in total. The zero-order chi connectivity index (χ0) is 12.2. The van der Waals surface area contributed by atoms with E-state index in [1.807, 2.05) is 13.8 Å². The quantitative estimate of drug-likeness (QED) is 0.830. The molecule has 0 aliphatic heterocycles. The van der Waals surface area contributed by atoms with E-state index in [0.717, 1.165) is 0 Å². The second kappa shape index (κ2) is 5.27. The lowest BCUT2D eigenvalue weighted by Crippen LogP contribution is -2.17. The van der Waals surface area contributed by atoms with Crippen molar-refractivity contribution in [3.8, 4) is 0 Å². The Labute approximate surface area is 95.6 Å². The van der Waals surface area contributed by atoms with Crippen LogP contribution in [0.15, 0.2) is 23.4 Å². The van der Waals surface area contributed by atoms with Crippen molar-refractivity contribution in [1.82, 2.24) is 4.98 Å². The van der Waals surface area contributed by atoms with Gasteiger partial charge in [-0.3, -0.25) is 0 Å². The molecule has 5 nitrogen and oxygen atoms in total. The normalized spacial score (nSPS) is 11.9. The van der Waals surface area contributed by atoms with Crippen LogP contribution >= 0.6 is 0 Å². The van der Waals surface area contributed by atoms with Crippen molar-refractivity contribution in [2.24, 2.45) is 0 Å². The van der Waals surface area contributed by atoms with Crippen LogP contribution in [0.25, 0.3) is 0 Å². The standard InChI is InChI=1S/C10H16N2O3S/c1-8(2)15-6-7-16(13,14)10-9(11)4-3-5-12-10/h3-5,8H,6-7,11H2,1-2H3. The molecule has 0 aromatic carbocycles. The Balaban J connectivity index is 2.75. The highest BCUT2D eigenvalue weighted by atomic mass is 32.2. The lowest BCUT2D eigenvalue weighted by Gasteiger charge is -2.08. The van der Waals surface area contributed by atoms with Gasteiger partial charge in [0.25, 0.3) is 0 Å². The van der Waals surface area contributed by atoms with Gasteiger partial charge in [-0.05, 0) is 26.0 Å². The fraction of sp³-hybridized carbons (Fsp3) is 0.500. The molecule has 0 radical (unpaired) electrons. The highest BCUT2D eigenvalue weighted by Gasteiger charge is 2.18. The summed E-state index contributed by atoms with van der Waals surface area (Å²) in [6, 6.07) is 3.11. The molecule has 0 unspecified atom stereocenters. The maximum atomic E-state index is 11.8. The van der Waals surface area contributed by atoms with E-state index < -0.39 is 9.84 Å². The molecule has 90 valence electrons. The van der Waals surface area contributed by atoms with Gasteiger partial charge in [-0.15, -0.1) is 0 Å². The van der Waals surface area contributed by atoms with Crippen LogP contribution in [0.4, 0.5) is 5.69 Å². The van der Waals surface area contributed by atoms with E-state index in [2.05, 4.69) is 4.98 Å². The number of nitrogens with two attached hydrogens (primary N) is 1. The number of nitrogen functional groups attached to an aromatic ring is 1. The smallest absolute Gasteiger partial charge is 0.199 e. The molecule has 1 rings (SSSR count).